The van der Waals surface area contributed by atoms with E-state index in [0.29, 0.717) is 0 Å². The molecular formula is C8H18N2S2. The van der Waals surface area contributed by atoms with Gasteiger partial charge in [-0.15, -0.1) is 0 Å². The van der Waals surface area contributed by atoms with Crippen LogP contribution in [0.25, 0.3) is 0 Å². The summed E-state index contributed by atoms with van der Waals surface area (Å²) >= 11 is 4.01. The fraction of sp³-hybridized carbons (Fsp3) is 1.00. The SMILES string of the molecule is SSNCCCN1CCCCC1. The number of nitrogens with one attached hydrogen (secondary N) is 1. The average Bonchev–Trinajstić information content (AvgIpc) is 2.14. The Hall–Kier alpha value is 0.620. The van der Waals surface area contributed by atoms with Crippen LogP contribution in [0.15, 0.2) is 0 Å². The first-order chi connectivity index (χ1) is 5.93. The highest BCUT2D eigenvalue weighted by Gasteiger charge is 2.08. The molecule has 12 heavy (non-hydrogen) atoms. The molecule has 1 saturated heterocycles. The summed E-state index contributed by atoms with van der Waals surface area (Å²) in [6.07, 6.45) is 5.47. The fourth-order valence-electron chi connectivity index (χ4n) is 1.60. The molecule has 1 aliphatic heterocycles. The standard InChI is InChI=1S/C8H18N2S2/c11-12-9-5-4-8-10-6-2-1-3-7-10/h9,11H,1-8H2. The summed E-state index contributed by atoms with van der Waals surface area (Å²) < 4.78 is 3.14. The Morgan fingerprint density at radius 3 is 2.67 bits per heavy atom. The van der Waals surface area contributed by atoms with Gasteiger partial charge in [-0.05, 0) is 49.9 Å². The van der Waals surface area contributed by atoms with Gasteiger partial charge in [0.1, 0.15) is 0 Å². The third-order valence-electron chi connectivity index (χ3n) is 2.27. The topological polar surface area (TPSA) is 15.3 Å². The zero-order valence-corrected chi connectivity index (χ0v) is 9.17. The highest BCUT2D eigenvalue weighted by molar-refractivity contribution is 8.67. The minimum Gasteiger partial charge on any atom is -0.303 e. The number of piperidine rings is 1. The predicted molar refractivity (Wildman–Crippen MR) is 59.5 cm³/mol. The van der Waals surface area contributed by atoms with Crippen molar-refractivity contribution in [1.82, 2.24) is 9.62 Å². The molecule has 0 saturated carbocycles. The van der Waals surface area contributed by atoms with Gasteiger partial charge in [0.15, 0.2) is 0 Å². The van der Waals surface area contributed by atoms with Crippen molar-refractivity contribution in [3.8, 4) is 0 Å². The molecule has 0 aromatic rings. The number of hydrogen-bond donors (Lipinski definition) is 2. The van der Waals surface area contributed by atoms with E-state index in [1.807, 2.05) is 0 Å². The van der Waals surface area contributed by atoms with Gasteiger partial charge >= 0.3 is 0 Å². The second-order valence-corrected chi connectivity index (χ2v) is 4.26. The van der Waals surface area contributed by atoms with Crippen LogP contribution in [0.4, 0.5) is 0 Å². The molecule has 0 unspecified atom stereocenters. The van der Waals surface area contributed by atoms with E-state index in [0.717, 1.165) is 6.54 Å². The minimum atomic E-state index is 1.07. The Morgan fingerprint density at radius 2 is 2.00 bits per heavy atom. The first kappa shape index (κ1) is 10.7. The minimum absolute atomic E-state index is 1.07. The Balaban J connectivity index is 1.91. The third kappa shape index (κ3) is 4.60. The van der Waals surface area contributed by atoms with Crippen molar-refractivity contribution in [3.63, 3.8) is 0 Å². The van der Waals surface area contributed by atoms with Crippen molar-refractivity contribution in [2.24, 2.45) is 0 Å². The normalized spacial score (nSPS) is 19.8. The summed E-state index contributed by atoms with van der Waals surface area (Å²) in [6, 6.07) is 0. The van der Waals surface area contributed by atoms with Gasteiger partial charge in [-0.2, -0.15) is 0 Å². The van der Waals surface area contributed by atoms with Crippen LogP contribution in [-0.2, 0) is 0 Å². The van der Waals surface area contributed by atoms with Crippen LogP contribution in [0.3, 0.4) is 0 Å². The zero-order valence-electron chi connectivity index (χ0n) is 7.46. The van der Waals surface area contributed by atoms with Crippen LogP contribution in [0.2, 0.25) is 0 Å². The predicted octanol–water partition coefficient (Wildman–Crippen LogP) is 1.95. The number of likely N-dealkylation sites (tertiary alicyclic amines) is 1. The molecule has 1 heterocycles. The molecule has 0 amide bonds. The summed E-state index contributed by atoms with van der Waals surface area (Å²) in [4.78, 5) is 2.56. The molecule has 2 nitrogen and oxygen atoms in total. The van der Waals surface area contributed by atoms with Gasteiger partial charge in [0.2, 0.25) is 0 Å². The second kappa shape index (κ2) is 7.06. The van der Waals surface area contributed by atoms with Crippen LogP contribution < -0.4 is 4.72 Å². The number of nitrogens with zero attached hydrogens (tertiary/aromatic N) is 1. The molecule has 0 aliphatic carbocycles. The summed E-state index contributed by atoms with van der Waals surface area (Å²) in [7, 11) is 1.41. The molecule has 1 rings (SSSR count). The van der Waals surface area contributed by atoms with E-state index in [9.17, 15) is 0 Å². The molecule has 1 aliphatic rings. The van der Waals surface area contributed by atoms with E-state index in [1.165, 1.54) is 56.3 Å². The Labute approximate surface area is 84.4 Å². The van der Waals surface area contributed by atoms with E-state index in [2.05, 4.69) is 21.3 Å². The van der Waals surface area contributed by atoms with Crippen molar-refractivity contribution < 1.29 is 0 Å². The lowest BCUT2D eigenvalue weighted by Gasteiger charge is -2.26. The highest BCUT2D eigenvalue weighted by atomic mass is 33.1. The smallest absolute Gasteiger partial charge is 0.00785 e. The van der Waals surface area contributed by atoms with Gasteiger partial charge in [-0.1, -0.05) is 18.1 Å². The van der Waals surface area contributed by atoms with Crippen LogP contribution in [0.1, 0.15) is 25.7 Å². The van der Waals surface area contributed by atoms with Gasteiger partial charge in [-0.25, -0.2) is 0 Å². The molecule has 4 heteroatoms. The maximum absolute atomic E-state index is 4.01. The van der Waals surface area contributed by atoms with E-state index < -0.39 is 0 Å². The van der Waals surface area contributed by atoms with Gasteiger partial charge < -0.3 is 4.90 Å². The fourth-order valence-corrected chi connectivity index (χ4v) is 2.11. The number of hydrogen-bond acceptors (Lipinski definition) is 4. The molecule has 0 aromatic carbocycles. The highest BCUT2D eigenvalue weighted by Crippen LogP contribution is 2.08. The van der Waals surface area contributed by atoms with Crippen molar-refractivity contribution in [1.29, 1.82) is 0 Å². The molecule has 0 aromatic heterocycles. The maximum Gasteiger partial charge on any atom is 0.00785 e. The Bertz CT molecular complexity index is 105. The molecule has 1 fully saturated rings. The number of thiol groups is 1. The molecule has 1 N–H and O–H groups in total. The lowest BCUT2D eigenvalue weighted by molar-refractivity contribution is 0.227. The van der Waals surface area contributed by atoms with Crippen LogP contribution in [0, 0.1) is 0 Å². The van der Waals surface area contributed by atoms with E-state index in [-0.39, 0.29) is 0 Å². The molecule has 72 valence electrons. The van der Waals surface area contributed by atoms with E-state index in [4.69, 9.17) is 0 Å². The lowest BCUT2D eigenvalue weighted by atomic mass is 10.1. The van der Waals surface area contributed by atoms with Gasteiger partial charge in [0.25, 0.3) is 0 Å². The summed E-state index contributed by atoms with van der Waals surface area (Å²) in [5, 5.41) is 0. The lowest BCUT2D eigenvalue weighted by Crippen LogP contribution is -2.31. The Kier molecular flexibility index (Phi) is 6.30. The monoisotopic (exact) mass is 206 g/mol. The largest absolute Gasteiger partial charge is 0.303 e. The first-order valence-corrected chi connectivity index (χ1v) is 6.56. The van der Waals surface area contributed by atoms with Crippen molar-refractivity contribution in [2.45, 2.75) is 25.7 Å². The van der Waals surface area contributed by atoms with Crippen molar-refractivity contribution in [2.75, 3.05) is 26.2 Å². The number of rotatable bonds is 5. The summed E-state index contributed by atoms with van der Waals surface area (Å²) in [5.74, 6) is 0. The summed E-state index contributed by atoms with van der Waals surface area (Å²) in [5.41, 5.74) is 0. The molecule has 0 bridgehead atoms. The van der Waals surface area contributed by atoms with Gasteiger partial charge in [0.05, 0.1) is 0 Å². The first-order valence-electron chi connectivity index (χ1n) is 4.69. The molecule has 0 spiro atoms. The third-order valence-corrected chi connectivity index (χ3v) is 2.99. The van der Waals surface area contributed by atoms with Crippen LogP contribution in [0.5, 0.6) is 0 Å². The Morgan fingerprint density at radius 1 is 1.25 bits per heavy atom. The van der Waals surface area contributed by atoms with E-state index >= 15 is 0 Å². The van der Waals surface area contributed by atoms with E-state index in [1.54, 1.807) is 0 Å². The van der Waals surface area contributed by atoms with Crippen LogP contribution in [-0.4, -0.2) is 31.1 Å². The maximum atomic E-state index is 4.01. The summed E-state index contributed by atoms with van der Waals surface area (Å²) in [6.45, 7) is 4.95. The molecular weight excluding hydrogens is 188 g/mol. The second-order valence-electron chi connectivity index (χ2n) is 3.24. The quantitative estimate of drug-likeness (QED) is 0.310. The van der Waals surface area contributed by atoms with Crippen molar-refractivity contribution in [3.05, 3.63) is 0 Å². The van der Waals surface area contributed by atoms with Gasteiger partial charge in [-0.3, -0.25) is 4.72 Å². The van der Waals surface area contributed by atoms with Crippen LogP contribution >= 0.6 is 22.6 Å². The van der Waals surface area contributed by atoms with Gasteiger partial charge in [0, 0.05) is 6.54 Å². The zero-order chi connectivity index (χ0) is 8.65. The van der Waals surface area contributed by atoms with Crippen molar-refractivity contribution >= 4 is 22.6 Å². The molecule has 0 atom stereocenters. The average molecular weight is 206 g/mol. The molecule has 0 radical (unpaired) electrons.